The molecule has 1 aliphatic carbocycles. The highest BCUT2D eigenvalue weighted by molar-refractivity contribution is 5.43. The number of rotatable bonds is 9. The van der Waals surface area contributed by atoms with E-state index in [1.807, 2.05) is 42.7 Å². The van der Waals surface area contributed by atoms with Crippen LogP contribution in [0.3, 0.4) is 0 Å². The van der Waals surface area contributed by atoms with E-state index in [1.54, 1.807) is 7.11 Å². The number of aromatic nitrogens is 1. The third kappa shape index (κ3) is 6.09. The molecular formula is C27H33N3O2. The maximum absolute atomic E-state index is 6.17. The van der Waals surface area contributed by atoms with Crippen LogP contribution in [0, 0.1) is 0 Å². The van der Waals surface area contributed by atoms with Gasteiger partial charge >= 0.3 is 0 Å². The quantitative estimate of drug-likeness (QED) is 0.520. The van der Waals surface area contributed by atoms with Crippen molar-refractivity contribution in [3.63, 3.8) is 0 Å². The van der Waals surface area contributed by atoms with Crippen molar-refractivity contribution in [1.82, 2.24) is 9.88 Å². The summed E-state index contributed by atoms with van der Waals surface area (Å²) in [5.74, 6) is 1.54. The van der Waals surface area contributed by atoms with Gasteiger partial charge < -0.3 is 15.2 Å². The number of pyridine rings is 1. The van der Waals surface area contributed by atoms with Gasteiger partial charge in [0.1, 0.15) is 6.61 Å². The van der Waals surface area contributed by atoms with Crippen molar-refractivity contribution in [2.45, 2.75) is 57.5 Å². The molecule has 0 amide bonds. The van der Waals surface area contributed by atoms with E-state index < -0.39 is 0 Å². The van der Waals surface area contributed by atoms with Crippen LogP contribution in [0.2, 0.25) is 0 Å². The average Bonchev–Trinajstić information content (AvgIpc) is 2.84. The number of nitrogens with zero attached hydrogens (tertiary/aromatic N) is 2. The molecule has 1 fully saturated rings. The Morgan fingerprint density at radius 2 is 1.62 bits per heavy atom. The van der Waals surface area contributed by atoms with Crippen molar-refractivity contribution >= 4 is 0 Å². The number of ether oxygens (including phenoxy) is 2. The van der Waals surface area contributed by atoms with Crippen molar-refractivity contribution in [3.8, 4) is 11.5 Å². The average molecular weight is 432 g/mol. The summed E-state index contributed by atoms with van der Waals surface area (Å²) in [4.78, 5) is 6.86. The maximum atomic E-state index is 6.17. The smallest absolute Gasteiger partial charge is 0.161 e. The molecule has 2 aromatic carbocycles. The minimum Gasteiger partial charge on any atom is -0.493 e. The van der Waals surface area contributed by atoms with Crippen LogP contribution < -0.4 is 15.2 Å². The first-order valence-corrected chi connectivity index (χ1v) is 11.4. The molecule has 5 heteroatoms. The zero-order valence-electron chi connectivity index (χ0n) is 18.8. The third-order valence-electron chi connectivity index (χ3n) is 6.22. The fourth-order valence-electron chi connectivity index (χ4n) is 4.41. The summed E-state index contributed by atoms with van der Waals surface area (Å²) in [5.41, 5.74) is 9.75. The molecular weight excluding hydrogens is 398 g/mol. The van der Waals surface area contributed by atoms with Crippen LogP contribution in [-0.4, -0.2) is 29.1 Å². The summed E-state index contributed by atoms with van der Waals surface area (Å²) in [5, 5.41) is 0. The second-order valence-electron chi connectivity index (χ2n) is 8.59. The fraction of sp³-hybridized carbons (Fsp3) is 0.370. The van der Waals surface area contributed by atoms with Crippen LogP contribution in [-0.2, 0) is 19.7 Å². The van der Waals surface area contributed by atoms with Gasteiger partial charge in [-0.25, -0.2) is 0 Å². The van der Waals surface area contributed by atoms with Gasteiger partial charge in [-0.1, -0.05) is 42.5 Å². The van der Waals surface area contributed by atoms with Crippen molar-refractivity contribution in [2.24, 2.45) is 5.73 Å². The minimum absolute atomic E-state index is 0.340. The Balaban J connectivity index is 1.48. The molecule has 168 valence electrons. The summed E-state index contributed by atoms with van der Waals surface area (Å²) in [7, 11) is 1.70. The summed E-state index contributed by atoms with van der Waals surface area (Å²) >= 11 is 0. The van der Waals surface area contributed by atoms with Crippen molar-refractivity contribution in [3.05, 3.63) is 89.7 Å². The lowest BCUT2D eigenvalue weighted by atomic mass is 9.90. The van der Waals surface area contributed by atoms with E-state index in [-0.39, 0.29) is 0 Å². The van der Waals surface area contributed by atoms with Crippen LogP contribution in [0.1, 0.15) is 42.4 Å². The van der Waals surface area contributed by atoms with Gasteiger partial charge in [-0.05, 0) is 60.6 Å². The molecule has 0 unspecified atom stereocenters. The van der Waals surface area contributed by atoms with Gasteiger partial charge in [-0.15, -0.1) is 0 Å². The van der Waals surface area contributed by atoms with E-state index in [0.717, 1.165) is 55.8 Å². The van der Waals surface area contributed by atoms with Crippen LogP contribution in [0.25, 0.3) is 0 Å². The van der Waals surface area contributed by atoms with Crippen LogP contribution >= 0.6 is 0 Å². The van der Waals surface area contributed by atoms with Gasteiger partial charge in [0, 0.05) is 37.6 Å². The normalized spacial score (nSPS) is 18.5. The predicted octanol–water partition coefficient (Wildman–Crippen LogP) is 4.94. The van der Waals surface area contributed by atoms with Crippen LogP contribution in [0.4, 0.5) is 0 Å². The molecule has 0 spiro atoms. The molecule has 0 saturated heterocycles. The van der Waals surface area contributed by atoms with E-state index >= 15 is 0 Å². The second-order valence-corrected chi connectivity index (χ2v) is 8.59. The first-order chi connectivity index (χ1) is 15.7. The van der Waals surface area contributed by atoms with Gasteiger partial charge in [-0.2, -0.15) is 0 Å². The molecule has 0 radical (unpaired) electrons. The molecule has 1 aliphatic rings. The molecule has 1 heterocycles. The molecule has 2 N–H and O–H groups in total. The Hall–Kier alpha value is -2.89. The summed E-state index contributed by atoms with van der Waals surface area (Å²) in [6.45, 7) is 2.25. The molecule has 3 aromatic rings. The van der Waals surface area contributed by atoms with Crippen molar-refractivity contribution in [1.29, 1.82) is 0 Å². The zero-order chi connectivity index (χ0) is 22.2. The highest BCUT2D eigenvalue weighted by atomic mass is 16.5. The largest absolute Gasteiger partial charge is 0.493 e. The van der Waals surface area contributed by atoms with E-state index in [2.05, 4.69) is 40.2 Å². The Kier molecular flexibility index (Phi) is 7.75. The number of hydrogen-bond donors (Lipinski definition) is 1. The number of methoxy groups -OCH3 is 1. The number of hydrogen-bond acceptors (Lipinski definition) is 5. The minimum atomic E-state index is 0.340. The summed E-state index contributed by atoms with van der Waals surface area (Å²) < 4.78 is 11.7. The standard InChI is InChI=1S/C27H33N3O2/c1-31-27-16-22(9-14-26(27)32-20-21-6-3-2-4-7-21)18-30(19-23-8-5-15-29-17-23)25-12-10-24(28)11-13-25/h2-9,14-17,24-25H,10-13,18-20,28H2,1H3. The highest BCUT2D eigenvalue weighted by Gasteiger charge is 2.25. The lowest BCUT2D eigenvalue weighted by Crippen LogP contribution is -2.40. The van der Waals surface area contributed by atoms with E-state index in [4.69, 9.17) is 15.2 Å². The zero-order valence-corrected chi connectivity index (χ0v) is 18.8. The van der Waals surface area contributed by atoms with Crippen molar-refractivity contribution < 1.29 is 9.47 Å². The van der Waals surface area contributed by atoms with E-state index in [1.165, 1.54) is 11.1 Å². The van der Waals surface area contributed by atoms with Gasteiger partial charge in [0.15, 0.2) is 11.5 Å². The molecule has 0 aliphatic heterocycles. The van der Waals surface area contributed by atoms with Crippen LogP contribution in [0.15, 0.2) is 73.1 Å². The summed E-state index contributed by atoms with van der Waals surface area (Å²) in [6.07, 6.45) is 8.23. The molecule has 1 saturated carbocycles. The monoisotopic (exact) mass is 431 g/mol. The Bertz CT molecular complexity index is 957. The Morgan fingerprint density at radius 1 is 0.875 bits per heavy atom. The first-order valence-electron chi connectivity index (χ1n) is 11.4. The Morgan fingerprint density at radius 3 is 2.34 bits per heavy atom. The van der Waals surface area contributed by atoms with E-state index in [0.29, 0.717) is 18.7 Å². The SMILES string of the molecule is COc1cc(CN(Cc2cccnc2)C2CCC(N)CC2)ccc1OCc1ccccc1. The van der Waals surface area contributed by atoms with Gasteiger partial charge in [0.05, 0.1) is 7.11 Å². The van der Waals surface area contributed by atoms with Gasteiger partial charge in [0.2, 0.25) is 0 Å². The first kappa shape index (κ1) is 22.3. The van der Waals surface area contributed by atoms with Gasteiger partial charge in [0.25, 0.3) is 0 Å². The topological polar surface area (TPSA) is 60.6 Å². The number of nitrogens with two attached hydrogens (primary N) is 1. The fourth-order valence-corrected chi connectivity index (χ4v) is 4.41. The number of benzene rings is 2. The van der Waals surface area contributed by atoms with Gasteiger partial charge in [-0.3, -0.25) is 9.88 Å². The molecule has 0 bridgehead atoms. The molecule has 5 nitrogen and oxygen atoms in total. The maximum Gasteiger partial charge on any atom is 0.161 e. The molecule has 32 heavy (non-hydrogen) atoms. The lowest BCUT2D eigenvalue weighted by molar-refractivity contribution is 0.133. The highest BCUT2D eigenvalue weighted by Crippen LogP contribution is 2.31. The third-order valence-corrected chi connectivity index (χ3v) is 6.22. The lowest BCUT2D eigenvalue weighted by Gasteiger charge is -2.36. The molecule has 0 atom stereocenters. The second kappa shape index (κ2) is 11.1. The Labute approximate surface area is 191 Å². The van der Waals surface area contributed by atoms with Crippen molar-refractivity contribution in [2.75, 3.05) is 7.11 Å². The van der Waals surface area contributed by atoms with E-state index in [9.17, 15) is 0 Å². The van der Waals surface area contributed by atoms with Crippen LogP contribution in [0.5, 0.6) is 11.5 Å². The molecule has 1 aromatic heterocycles. The summed E-state index contributed by atoms with van der Waals surface area (Å²) in [6, 6.07) is 21.5. The molecule has 4 rings (SSSR count). The predicted molar refractivity (Wildman–Crippen MR) is 127 cm³/mol.